The summed E-state index contributed by atoms with van der Waals surface area (Å²) in [5.41, 5.74) is 7.39. The first-order chi connectivity index (χ1) is 7.56. The Labute approximate surface area is 97.2 Å². The lowest BCUT2D eigenvalue weighted by molar-refractivity contribution is 0.0799. The standard InChI is InChI=1S/C13H20N2O/c1-10(2)11-4-6-12(7-5-11)13(16)15(3)9-8-14/h4-7,10H,8-9,14H2,1-3H3. The Bertz CT molecular complexity index is 343. The second kappa shape index (κ2) is 5.66. The second-order valence-corrected chi connectivity index (χ2v) is 4.29. The fourth-order valence-corrected chi connectivity index (χ4v) is 1.53. The van der Waals surface area contributed by atoms with Crippen LogP contribution in [0.1, 0.15) is 35.7 Å². The van der Waals surface area contributed by atoms with Gasteiger partial charge >= 0.3 is 0 Å². The van der Waals surface area contributed by atoms with E-state index < -0.39 is 0 Å². The minimum Gasteiger partial charge on any atom is -0.340 e. The fourth-order valence-electron chi connectivity index (χ4n) is 1.53. The molecule has 1 aromatic carbocycles. The first-order valence-corrected chi connectivity index (χ1v) is 5.61. The van der Waals surface area contributed by atoms with Gasteiger partial charge in [-0.25, -0.2) is 0 Å². The van der Waals surface area contributed by atoms with Crippen LogP contribution in [-0.4, -0.2) is 30.9 Å². The molecule has 0 aliphatic heterocycles. The van der Waals surface area contributed by atoms with E-state index in [0.29, 0.717) is 19.0 Å². The van der Waals surface area contributed by atoms with Crippen LogP contribution in [0.2, 0.25) is 0 Å². The molecule has 0 radical (unpaired) electrons. The predicted molar refractivity (Wildman–Crippen MR) is 66.5 cm³/mol. The average Bonchev–Trinajstić information content (AvgIpc) is 2.28. The summed E-state index contributed by atoms with van der Waals surface area (Å²) < 4.78 is 0. The Balaban J connectivity index is 2.77. The van der Waals surface area contributed by atoms with E-state index in [1.54, 1.807) is 11.9 Å². The van der Waals surface area contributed by atoms with Crippen LogP contribution in [0, 0.1) is 0 Å². The molecule has 0 spiro atoms. The molecule has 0 aliphatic rings. The molecular formula is C13H20N2O. The van der Waals surface area contributed by atoms with E-state index in [4.69, 9.17) is 5.73 Å². The lowest BCUT2D eigenvalue weighted by Crippen LogP contribution is -2.31. The van der Waals surface area contributed by atoms with Gasteiger partial charge in [-0.3, -0.25) is 4.79 Å². The number of nitrogens with two attached hydrogens (primary N) is 1. The van der Waals surface area contributed by atoms with Gasteiger partial charge in [0.15, 0.2) is 0 Å². The van der Waals surface area contributed by atoms with Crippen molar-refractivity contribution < 1.29 is 4.79 Å². The van der Waals surface area contributed by atoms with Crippen LogP contribution < -0.4 is 5.73 Å². The van der Waals surface area contributed by atoms with E-state index in [0.717, 1.165) is 5.56 Å². The molecule has 1 amide bonds. The number of rotatable bonds is 4. The fraction of sp³-hybridized carbons (Fsp3) is 0.462. The van der Waals surface area contributed by atoms with Crippen LogP contribution >= 0.6 is 0 Å². The molecule has 0 atom stereocenters. The van der Waals surface area contributed by atoms with E-state index >= 15 is 0 Å². The van der Waals surface area contributed by atoms with E-state index in [2.05, 4.69) is 13.8 Å². The second-order valence-electron chi connectivity index (χ2n) is 4.29. The third-order valence-corrected chi connectivity index (χ3v) is 2.64. The van der Waals surface area contributed by atoms with Crippen LogP contribution in [0.3, 0.4) is 0 Å². The van der Waals surface area contributed by atoms with E-state index in [1.807, 2.05) is 24.3 Å². The largest absolute Gasteiger partial charge is 0.340 e. The number of likely N-dealkylation sites (N-methyl/N-ethyl adjacent to an activating group) is 1. The number of hydrogen-bond donors (Lipinski definition) is 1. The third kappa shape index (κ3) is 3.07. The quantitative estimate of drug-likeness (QED) is 0.841. The van der Waals surface area contributed by atoms with Gasteiger partial charge in [0.2, 0.25) is 0 Å². The summed E-state index contributed by atoms with van der Waals surface area (Å²) in [6, 6.07) is 7.78. The highest BCUT2D eigenvalue weighted by atomic mass is 16.2. The van der Waals surface area contributed by atoms with E-state index in [9.17, 15) is 4.79 Å². The normalized spacial score (nSPS) is 10.6. The van der Waals surface area contributed by atoms with Crippen LogP contribution in [0.5, 0.6) is 0 Å². The van der Waals surface area contributed by atoms with Crippen molar-refractivity contribution in [3.8, 4) is 0 Å². The van der Waals surface area contributed by atoms with Gasteiger partial charge in [0, 0.05) is 25.7 Å². The molecule has 1 rings (SSSR count). The number of hydrogen-bond acceptors (Lipinski definition) is 2. The van der Waals surface area contributed by atoms with E-state index in [-0.39, 0.29) is 5.91 Å². The Morgan fingerprint density at radius 1 is 1.31 bits per heavy atom. The van der Waals surface area contributed by atoms with Crippen LogP contribution in [-0.2, 0) is 0 Å². The summed E-state index contributed by atoms with van der Waals surface area (Å²) in [4.78, 5) is 13.5. The molecule has 0 saturated heterocycles. The van der Waals surface area contributed by atoms with Gasteiger partial charge in [-0.2, -0.15) is 0 Å². The highest BCUT2D eigenvalue weighted by molar-refractivity contribution is 5.94. The molecule has 1 aromatic rings. The molecule has 3 nitrogen and oxygen atoms in total. The maximum atomic E-state index is 11.9. The first-order valence-electron chi connectivity index (χ1n) is 5.61. The maximum absolute atomic E-state index is 11.9. The van der Waals surface area contributed by atoms with Crippen LogP contribution in [0.15, 0.2) is 24.3 Å². The molecule has 0 bridgehead atoms. The van der Waals surface area contributed by atoms with Crippen molar-refractivity contribution in [2.45, 2.75) is 19.8 Å². The van der Waals surface area contributed by atoms with Crippen molar-refractivity contribution >= 4 is 5.91 Å². The van der Waals surface area contributed by atoms with Gasteiger partial charge < -0.3 is 10.6 Å². The molecule has 0 aromatic heterocycles. The number of carbonyl (C=O) groups is 1. The summed E-state index contributed by atoms with van der Waals surface area (Å²) in [5.74, 6) is 0.520. The molecule has 0 aliphatic carbocycles. The lowest BCUT2D eigenvalue weighted by Gasteiger charge is -2.16. The van der Waals surface area contributed by atoms with Crippen molar-refractivity contribution in [2.75, 3.05) is 20.1 Å². The summed E-state index contributed by atoms with van der Waals surface area (Å²) >= 11 is 0. The summed E-state index contributed by atoms with van der Waals surface area (Å²) in [6.07, 6.45) is 0. The van der Waals surface area contributed by atoms with Crippen molar-refractivity contribution in [1.82, 2.24) is 4.90 Å². The van der Waals surface area contributed by atoms with E-state index in [1.165, 1.54) is 5.56 Å². The van der Waals surface area contributed by atoms with Gasteiger partial charge in [-0.1, -0.05) is 26.0 Å². The molecule has 0 unspecified atom stereocenters. The Morgan fingerprint density at radius 2 is 1.88 bits per heavy atom. The zero-order valence-electron chi connectivity index (χ0n) is 10.2. The average molecular weight is 220 g/mol. The first kappa shape index (κ1) is 12.7. The number of nitrogens with zero attached hydrogens (tertiary/aromatic N) is 1. The SMILES string of the molecule is CC(C)c1ccc(C(=O)N(C)CCN)cc1. The summed E-state index contributed by atoms with van der Waals surface area (Å²) in [7, 11) is 1.77. The highest BCUT2D eigenvalue weighted by Crippen LogP contribution is 2.15. The van der Waals surface area contributed by atoms with Crippen molar-refractivity contribution in [3.05, 3.63) is 35.4 Å². The molecule has 0 fully saturated rings. The molecule has 88 valence electrons. The van der Waals surface area contributed by atoms with Crippen LogP contribution in [0.4, 0.5) is 0 Å². The molecule has 0 saturated carbocycles. The van der Waals surface area contributed by atoms with Gasteiger partial charge in [-0.15, -0.1) is 0 Å². The number of benzene rings is 1. The van der Waals surface area contributed by atoms with Gasteiger partial charge in [0.1, 0.15) is 0 Å². The molecule has 3 heteroatoms. The predicted octanol–water partition coefficient (Wildman–Crippen LogP) is 1.84. The van der Waals surface area contributed by atoms with Crippen molar-refractivity contribution in [3.63, 3.8) is 0 Å². The molecule has 2 N–H and O–H groups in total. The van der Waals surface area contributed by atoms with Gasteiger partial charge in [0.25, 0.3) is 5.91 Å². The molecule has 16 heavy (non-hydrogen) atoms. The maximum Gasteiger partial charge on any atom is 0.253 e. The van der Waals surface area contributed by atoms with Crippen molar-refractivity contribution in [2.24, 2.45) is 5.73 Å². The Hall–Kier alpha value is -1.35. The minimum absolute atomic E-state index is 0.0285. The third-order valence-electron chi connectivity index (χ3n) is 2.64. The van der Waals surface area contributed by atoms with Crippen LogP contribution in [0.25, 0.3) is 0 Å². The van der Waals surface area contributed by atoms with Gasteiger partial charge in [-0.05, 0) is 23.6 Å². The van der Waals surface area contributed by atoms with Crippen molar-refractivity contribution in [1.29, 1.82) is 0 Å². The number of carbonyl (C=O) groups excluding carboxylic acids is 1. The zero-order valence-corrected chi connectivity index (χ0v) is 10.2. The summed E-state index contributed by atoms with van der Waals surface area (Å²) in [5, 5.41) is 0. The Morgan fingerprint density at radius 3 is 2.31 bits per heavy atom. The monoisotopic (exact) mass is 220 g/mol. The zero-order chi connectivity index (χ0) is 12.1. The number of amides is 1. The molecular weight excluding hydrogens is 200 g/mol. The Kier molecular flexibility index (Phi) is 4.50. The summed E-state index contributed by atoms with van der Waals surface area (Å²) in [6.45, 7) is 5.35. The smallest absolute Gasteiger partial charge is 0.253 e. The minimum atomic E-state index is 0.0285. The topological polar surface area (TPSA) is 46.3 Å². The highest BCUT2D eigenvalue weighted by Gasteiger charge is 2.10. The molecule has 0 heterocycles. The van der Waals surface area contributed by atoms with Gasteiger partial charge in [0.05, 0.1) is 0 Å². The lowest BCUT2D eigenvalue weighted by atomic mass is 10.0.